The first-order chi connectivity index (χ1) is 10.0. The predicted molar refractivity (Wildman–Crippen MR) is 87.5 cm³/mol. The topological polar surface area (TPSA) is 41.8 Å². The summed E-state index contributed by atoms with van der Waals surface area (Å²) >= 11 is 1.50. The van der Waals surface area contributed by atoms with Gasteiger partial charge in [-0.2, -0.15) is 10.2 Å². The van der Waals surface area contributed by atoms with E-state index in [2.05, 4.69) is 10.2 Å². The summed E-state index contributed by atoms with van der Waals surface area (Å²) in [5, 5.41) is 8.73. The lowest BCUT2D eigenvalue weighted by Gasteiger charge is -2.26. The van der Waals surface area contributed by atoms with Crippen LogP contribution in [0.1, 0.15) is 19.4 Å². The molecule has 0 unspecified atom stereocenters. The largest absolute Gasteiger partial charge is 0.253 e. The van der Waals surface area contributed by atoms with Gasteiger partial charge in [0.15, 0.2) is 4.87 Å². The average molecular weight is 316 g/mol. The van der Waals surface area contributed by atoms with Gasteiger partial charge < -0.3 is 0 Å². The Hall–Kier alpha value is -1.46. The molecule has 108 valence electrons. The van der Waals surface area contributed by atoms with E-state index in [-0.39, 0.29) is 0 Å². The summed E-state index contributed by atoms with van der Waals surface area (Å²) in [5.41, 5.74) is 0.923. The molecule has 1 heterocycles. The van der Waals surface area contributed by atoms with E-state index >= 15 is 0 Å². The Balaban J connectivity index is 2.09. The summed E-state index contributed by atoms with van der Waals surface area (Å²) < 4.78 is 12.2. The van der Waals surface area contributed by atoms with E-state index in [0.29, 0.717) is 0 Å². The standard InChI is InChI=1S/C16H16N2OS2/c1-15(2)17-18-16(21(15)19,13-9-5-3-6-10-13)20-14-11-7-4-8-12-14/h3-12H,1-2H3/t16-,21+/m1/s1. The normalized spacial score (nSPS) is 26.9. The Morgan fingerprint density at radius 3 is 2.00 bits per heavy atom. The molecular weight excluding hydrogens is 300 g/mol. The third kappa shape index (κ3) is 2.56. The summed E-state index contributed by atoms with van der Waals surface area (Å²) in [5.74, 6) is 0. The minimum atomic E-state index is -1.25. The van der Waals surface area contributed by atoms with Crippen LogP contribution in [-0.2, 0) is 15.0 Å². The second-order valence-electron chi connectivity index (χ2n) is 5.28. The van der Waals surface area contributed by atoms with Gasteiger partial charge in [0.05, 0.1) is 10.8 Å². The van der Waals surface area contributed by atoms with Gasteiger partial charge in [0, 0.05) is 10.5 Å². The van der Waals surface area contributed by atoms with Crippen molar-refractivity contribution in [2.24, 2.45) is 10.2 Å². The number of thioether (sulfide) groups is 1. The highest BCUT2D eigenvalue weighted by Gasteiger charge is 2.52. The summed E-state index contributed by atoms with van der Waals surface area (Å²) in [6.45, 7) is 3.73. The number of benzene rings is 2. The molecule has 0 aromatic heterocycles. The lowest BCUT2D eigenvalue weighted by molar-refractivity contribution is 0.643. The van der Waals surface area contributed by atoms with Crippen LogP contribution in [0.5, 0.6) is 0 Å². The Kier molecular flexibility index (Phi) is 3.71. The van der Waals surface area contributed by atoms with E-state index in [1.165, 1.54) is 11.8 Å². The van der Waals surface area contributed by atoms with Crippen LogP contribution in [0.15, 0.2) is 75.8 Å². The number of hydrogen-bond donors (Lipinski definition) is 0. The van der Waals surface area contributed by atoms with Crippen molar-refractivity contribution in [1.29, 1.82) is 0 Å². The van der Waals surface area contributed by atoms with Crippen molar-refractivity contribution in [3.63, 3.8) is 0 Å². The molecule has 5 heteroatoms. The minimum absolute atomic E-state index is 0.669. The zero-order valence-corrected chi connectivity index (χ0v) is 13.5. The van der Waals surface area contributed by atoms with Crippen molar-refractivity contribution in [3.8, 4) is 0 Å². The van der Waals surface area contributed by atoms with Gasteiger partial charge in [-0.25, -0.2) is 0 Å². The van der Waals surface area contributed by atoms with Gasteiger partial charge in [0.1, 0.15) is 0 Å². The van der Waals surface area contributed by atoms with Gasteiger partial charge in [-0.1, -0.05) is 60.3 Å². The molecule has 0 amide bonds. The molecule has 1 aliphatic rings. The Labute approximate surface area is 131 Å². The number of azo groups is 1. The van der Waals surface area contributed by atoms with E-state index in [0.717, 1.165) is 10.5 Å². The monoisotopic (exact) mass is 316 g/mol. The van der Waals surface area contributed by atoms with Crippen molar-refractivity contribution in [2.75, 3.05) is 0 Å². The zero-order chi connectivity index (χ0) is 14.9. The van der Waals surface area contributed by atoms with Crippen molar-refractivity contribution in [1.82, 2.24) is 0 Å². The van der Waals surface area contributed by atoms with Gasteiger partial charge in [-0.3, -0.25) is 4.21 Å². The molecule has 3 nitrogen and oxygen atoms in total. The molecule has 2 atom stereocenters. The number of nitrogens with zero attached hydrogens (tertiary/aromatic N) is 2. The minimum Gasteiger partial charge on any atom is -0.253 e. The maximum Gasteiger partial charge on any atom is 0.233 e. The molecular formula is C16H16N2OS2. The third-order valence-corrected chi connectivity index (χ3v) is 6.88. The van der Waals surface area contributed by atoms with Crippen molar-refractivity contribution >= 4 is 22.6 Å². The quantitative estimate of drug-likeness (QED) is 0.834. The molecule has 2 aromatic rings. The summed E-state index contributed by atoms with van der Waals surface area (Å²) in [4.78, 5) is 0.365. The molecule has 0 aliphatic carbocycles. The van der Waals surface area contributed by atoms with E-state index < -0.39 is 19.9 Å². The summed E-state index contributed by atoms with van der Waals surface area (Å²) in [6, 6.07) is 19.7. The highest BCUT2D eigenvalue weighted by atomic mass is 32.2. The van der Waals surface area contributed by atoms with Crippen molar-refractivity contribution in [3.05, 3.63) is 66.2 Å². The molecule has 0 radical (unpaired) electrons. The van der Waals surface area contributed by atoms with Crippen LogP contribution in [-0.4, -0.2) is 9.08 Å². The van der Waals surface area contributed by atoms with Crippen LogP contribution in [0.25, 0.3) is 0 Å². The zero-order valence-electron chi connectivity index (χ0n) is 11.9. The van der Waals surface area contributed by atoms with Crippen molar-refractivity contribution in [2.45, 2.75) is 27.8 Å². The molecule has 0 bridgehead atoms. The first-order valence-corrected chi connectivity index (χ1v) is 8.67. The van der Waals surface area contributed by atoms with Crippen LogP contribution in [0.4, 0.5) is 0 Å². The summed E-state index contributed by atoms with van der Waals surface area (Å²) in [7, 11) is -1.25. The SMILES string of the molecule is CC1(C)N=N[C@@](Sc2ccccc2)(c2ccccc2)[S@]1=O. The predicted octanol–water partition coefficient (Wildman–Crippen LogP) is 4.54. The molecule has 0 saturated carbocycles. The molecule has 21 heavy (non-hydrogen) atoms. The smallest absolute Gasteiger partial charge is 0.233 e. The van der Waals surface area contributed by atoms with Gasteiger partial charge in [0.2, 0.25) is 4.20 Å². The van der Waals surface area contributed by atoms with Crippen molar-refractivity contribution < 1.29 is 4.21 Å². The maximum absolute atomic E-state index is 13.1. The molecule has 0 fully saturated rings. The van der Waals surface area contributed by atoms with E-state index in [1.54, 1.807) is 0 Å². The number of rotatable bonds is 3. The van der Waals surface area contributed by atoms with E-state index in [4.69, 9.17) is 0 Å². The first-order valence-electron chi connectivity index (χ1n) is 6.70. The van der Waals surface area contributed by atoms with Crippen LogP contribution >= 0.6 is 11.8 Å². The first kappa shape index (κ1) is 14.5. The molecule has 0 spiro atoms. The van der Waals surface area contributed by atoms with Crippen LogP contribution in [0.3, 0.4) is 0 Å². The lowest BCUT2D eigenvalue weighted by atomic mass is 10.2. The molecule has 2 aromatic carbocycles. The number of hydrogen-bond acceptors (Lipinski definition) is 4. The van der Waals surface area contributed by atoms with Gasteiger partial charge >= 0.3 is 0 Å². The molecule has 0 N–H and O–H groups in total. The van der Waals surface area contributed by atoms with Crippen LogP contribution in [0, 0.1) is 0 Å². The van der Waals surface area contributed by atoms with Gasteiger partial charge in [0.25, 0.3) is 0 Å². The second kappa shape index (κ2) is 5.39. The molecule has 0 saturated heterocycles. The third-order valence-electron chi connectivity index (χ3n) is 3.27. The maximum atomic E-state index is 13.1. The summed E-state index contributed by atoms with van der Waals surface area (Å²) in [6.07, 6.45) is 0. The Morgan fingerprint density at radius 1 is 0.905 bits per heavy atom. The molecule has 3 rings (SSSR count). The van der Waals surface area contributed by atoms with E-state index in [1.807, 2.05) is 74.5 Å². The fraction of sp³-hybridized carbons (Fsp3) is 0.250. The fourth-order valence-electron chi connectivity index (χ4n) is 2.18. The lowest BCUT2D eigenvalue weighted by Crippen LogP contribution is -2.32. The highest BCUT2D eigenvalue weighted by Crippen LogP contribution is 2.52. The Bertz CT molecular complexity index is 686. The molecule has 1 aliphatic heterocycles. The van der Waals surface area contributed by atoms with Crippen LogP contribution < -0.4 is 0 Å². The average Bonchev–Trinajstić information content (AvgIpc) is 2.74. The van der Waals surface area contributed by atoms with Crippen LogP contribution in [0.2, 0.25) is 0 Å². The van der Waals surface area contributed by atoms with Gasteiger partial charge in [-0.15, -0.1) is 0 Å². The van der Waals surface area contributed by atoms with E-state index in [9.17, 15) is 4.21 Å². The fourth-order valence-corrected chi connectivity index (χ4v) is 5.59. The van der Waals surface area contributed by atoms with Gasteiger partial charge in [-0.05, 0) is 26.0 Å². The highest BCUT2D eigenvalue weighted by molar-refractivity contribution is 8.12. The Morgan fingerprint density at radius 2 is 1.48 bits per heavy atom. The second-order valence-corrected chi connectivity index (χ2v) is 8.93.